The van der Waals surface area contributed by atoms with Crippen LogP contribution in [-0.4, -0.2) is 9.55 Å². The van der Waals surface area contributed by atoms with Crippen LogP contribution in [0.2, 0.25) is 10.0 Å². The van der Waals surface area contributed by atoms with Crippen molar-refractivity contribution in [2.45, 2.75) is 12.3 Å². The van der Waals surface area contributed by atoms with Gasteiger partial charge in [-0.3, -0.25) is 4.57 Å². The van der Waals surface area contributed by atoms with Gasteiger partial charge in [0, 0.05) is 10.2 Å². The molecule has 0 spiro atoms. The number of rotatable bonds is 2. The molecule has 0 radical (unpaired) electrons. The van der Waals surface area contributed by atoms with Crippen LogP contribution in [0.5, 0.6) is 0 Å². The molecule has 1 aromatic heterocycles. The van der Waals surface area contributed by atoms with Crippen molar-refractivity contribution >= 4 is 61.8 Å². The SMILES string of the molecule is CC(Cl)c1nc2cccc(Cl)c2n1-c1ccc(Br)c(Cl)c1. The zero-order chi connectivity index (χ0) is 15.1. The van der Waals surface area contributed by atoms with Crippen molar-refractivity contribution in [3.8, 4) is 5.69 Å². The first-order valence-corrected chi connectivity index (χ1v) is 8.24. The van der Waals surface area contributed by atoms with Crippen molar-refractivity contribution in [1.82, 2.24) is 9.55 Å². The molecule has 3 aromatic rings. The van der Waals surface area contributed by atoms with Crippen LogP contribution in [0.15, 0.2) is 40.9 Å². The van der Waals surface area contributed by atoms with Gasteiger partial charge in [-0.1, -0.05) is 29.3 Å². The monoisotopic (exact) mass is 402 g/mol. The first kappa shape index (κ1) is 15.2. The fourth-order valence-corrected chi connectivity index (χ4v) is 3.08. The van der Waals surface area contributed by atoms with Gasteiger partial charge in [-0.25, -0.2) is 4.98 Å². The number of hydrogen-bond donors (Lipinski definition) is 0. The number of halogens is 4. The second-order valence-electron chi connectivity index (χ2n) is 4.63. The molecule has 1 unspecified atom stereocenters. The van der Waals surface area contributed by atoms with E-state index in [2.05, 4.69) is 20.9 Å². The van der Waals surface area contributed by atoms with Crippen molar-refractivity contribution < 1.29 is 0 Å². The molecular weight excluding hydrogens is 394 g/mol. The number of fused-ring (bicyclic) bond motifs is 1. The van der Waals surface area contributed by atoms with Gasteiger partial charge in [0.2, 0.25) is 0 Å². The van der Waals surface area contributed by atoms with Gasteiger partial charge in [0.05, 0.1) is 26.5 Å². The summed E-state index contributed by atoms with van der Waals surface area (Å²) in [4.78, 5) is 4.59. The molecular formula is C15H10BrCl3N2. The normalized spacial score (nSPS) is 12.8. The summed E-state index contributed by atoms with van der Waals surface area (Å²) in [6.07, 6.45) is 0. The van der Waals surface area contributed by atoms with Crippen LogP contribution in [0, 0.1) is 0 Å². The summed E-state index contributed by atoms with van der Waals surface area (Å²) in [5.41, 5.74) is 2.52. The highest BCUT2D eigenvalue weighted by molar-refractivity contribution is 9.10. The van der Waals surface area contributed by atoms with Gasteiger partial charge in [0.1, 0.15) is 5.82 Å². The molecule has 0 N–H and O–H groups in total. The maximum absolute atomic E-state index is 6.36. The number of nitrogens with zero attached hydrogens (tertiary/aromatic N) is 2. The summed E-state index contributed by atoms with van der Waals surface area (Å²) >= 11 is 22.2. The van der Waals surface area contributed by atoms with E-state index in [1.54, 1.807) is 0 Å². The van der Waals surface area contributed by atoms with Crippen molar-refractivity contribution in [2.24, 2.45) is 0 Å². The van der Waals surface area contributed by atoms with E-state index in [0.717, 1.165) is 27.0 Å². The van der Waals surface area contributed by atoms with Gasteiger partial charge < -0.3 is 0 Å². The number of aromatic nitrogens is 2. The summed E-state index contributed by atoms with van der Waals surface area (Å²) in [7, 11) is 0. The Bertz CT molecular complexity index is 827. The Hall–Kier alpha value is -0.740. The largest absolute Gasteiger partial charge is 0.294 e. The van der Waals surface area contributed by atoms with E-state index in [9.17, 15) is 0 Å². The molecule has 108 valence electrons. The zero-order valence-electron chi connectivity index (χ0n) is 10.9. The zero-order valence-corrected chi connectivity index (χ0v) is 14.8. The fraction of sp³-hybridized carbons (Fsp3) is 0.133. The van der Waals surface area contributed by atoms with Crippen LogP contribution in [0.3, 0.4) is 0 Å². The van der Waals surface area contributed by atoms with Crippen LogP contribution in [0.1, 0.15) is 18.1 Å². The number of alkyl halides is 1. The van der Waals surface area contributed by atoms with Crippen LogP contribution in [0.4, 0.5) is 0 Å². The summed E-state index contributed by atoms with van der Waals surface area (Å²) in [6, 6.07) is 11.3. The molecule has 2 aromatic carbocycles. The minimum Gasteiger partial charge on any atom is -0.294 e. The second kappa shape index (κ2) is 5.81. The maximum Gasteiger partial charge on any atom is 0.132 e. The highest BCUT2D eigenvalue weighted by atomic mass is 79.9. The van der Waals surface area contributed by atoms with Gasteiger partial charge in [0.15, 0.2) is 0 Å². The molecule has 0 saturated heterocycles. The number of para-hydroxylation sites is 1. The van der Waals surface area contributed by atoms with E-state index in [1.807, 2.05) is 47.9 Å². The van der Waals surface area contributed by atoms with E-state index >= 15 is 0 Å². The van der Waals surface area contributed by atoms with E-state index < -0.39 is 0 Å². The summed E-state index contributed by atoms with van der Waals surface area (Å²) < 4.78 is 2.79. The predicted octanol–water partition coefficient (Wildman–Crippen LogP) is 6.39. The molecule has 0 amide bonds. The summed E-state index contributed by atoms with van der Waals surface area (Å²) in [5, 5.41) is 0.994. The number of imidazole rings is 1. The molecule has 6 heteroatoms. The quantitative estimate of drug-likeness (QED) is 0.452. The van der Waals surface area contributed by atoms with Crippen molar-refractivity contribution in [1.29, 1.82) is 0 Å². The molecule has 0 bridgehead atoms. The molecule has 21 heavy (non-hydrogen) atoms. The highest BCUT2D eigenvalue weighted by Crippen LogP contribution is 2.34. The lowest BCUT2D eigenvalue weighted by molar-refractivity contribution is 0.882. The Labute approximate surface area is 145 Å². The summed E-state index contributed by atoms with van der Waals surface area (Å²) in [5.74, 6) is 0.734. The van der Waals surface area contributed by atoms with Crippen LogP contribution in [-0.2, 0) is 0 Å². The smallest absolute Gasteiger partial charge is 0.132 e. The lowest BCUT2D eigenvalue weighted by atomic mass is 10.2. The molecule has 2 nitrogen and oxygen atoms in total. The van der Waals surface area contributed by atoms with E-state index in [0.29, 0.717) is 10.0 Å². The standard InChI is InChI=1S/C15H10BrCl3N2/c1-8(17)15-20-13-4-2-3-11(18)14(13)21(15)9-5-6-10(16)12(19)7-9/h2-8H,1H3. The van der Waals surface area contributed by atoms with Crippen LogP contribution in [0.25, 0.3) is 16.7 Å². The van der Waals surface area contributed by atoms with Crippen molar-refractivity contribution in [3.05, 3.63) is 56.7 Å². The Balaban J connectivity index is 2.38. The molecule has 0 aliphatic carbocycles. The first-order valence-electron chi connectivity index (χ1n) is 6.25. The van der Waals surface area contributed by atoms with Crippen LogP contribution < -0.4 is 0 Å². The van der Waals surface area contributed by atoms with Crippen molar-refractivity contribution in [2.75, 3.05) is 0 Å². The minimum absolute atomic E-state index is 0.254. The van der Waals surface area contributed by atoms with Crippen molar-refractivity contribution in [3.63, 3.8) is 0 Å². The Morgan fingerprint density at radius 1 is 1.14 bits per heavy atom. The molecule has 1 heterocycles. The lowest BCUT2D eigenvalue weighted by Crippen LogP contribution is -2.02. The predicted molar refractivity (Wildman–Crippen MR) is 93.1 cm³/mol. The third kappa shape index (κ3) is 2.68. The minimum atomic E-state index is -0.254. The Morgan fingerprint density at radius 2 is 1.90 bits per heavy atom. The van der Waals surface area contributed by atoms with Gasteiger partial charge in [-0.2, -0.15) is 0 Å². The molecule has 0 aliphatic heterocycles. The molecule has 0 fully saturated rings. The topological polar surface area (TPSA) is 17.8 Å². The molecule has 0 aliphatic rings. The Kier molecular flexibility index (Phi) is 4.19. The highest BCUT2D eigenvalue weighted by Gasteiger charge is 2.18. The molecule has 0 saturated carbocycles. The fourth-order valence-electron chi connectivity index (χ4n) is 2.26. The van der Waals surface area contributed by atoms with Crippen LogP contribution >= 0.6 is 50.7 Å². The number of benzene rings is 2. The van der Waals surface area contributed by atoms with Gasteiger partial charge in [0.25, 0.3) is 0 Å². The lowest BCUT2D eigenvalue weighted by Gasteiger charge is -2.12. The maximum atomic E-state index is 6.36. The molecule has 3 rings (SSSR count). The second-order valence-corrected chi connectivity index (χ2v) is 6.95. The summed E-state index contributed by atoms with van der Waals surface area (Å²) in [6.45, 7) is 1.88. The Morgan fingerprint density at radius 3 is 2.57 bits per heavy atom. The van der Waals surface area contributed by atoms with Gasteiger partial charge in [-0.15, -0.1) is 11.6 Å². The third-order valence-corrected chi connectivity index (χ3v) is 4.90. The average molecular weight is 405 g/mol. The third-order valence-electron chi connectivity index (χ3n) is 3.17. The number of hydrogen-bond acceptors (Lipinski definition) is 1. The van der Waals surface area contributed by atoms with Gasteiger partial charge >= 0.3 is 0 Å². The molecule has 1 atom stereocenters. The van der Waals surface area contributed by atoms with E-state index in [-0.39, 0.29) is 5.38 Å². The first-order chi connectivity index (χ1) is 9.99. The van der Waals surface area contributed by atoms with E-state index in [1.165, 1.54) is 0 Å². The van der Waals surface area contributed by atoms with Gasteiger partial charge in [-0.05, 0) is 53.2 Å². The average Bonchev–Trinajstić information content (AvgIpc) is 2.83. The van der Waals surface area contributed by atoms with E-state index in [4.69, 9.17) is 34.8 Å².